The van der Waals surface area contributed by atoms with Crippen molar-refractivity contribution < 1.29 is 19.1 Å². The fourth-order valence-electron chi connectivity index (χ4n) is 0.863. The Kier molecular flexibility index (Phi) is 8.24. The van der Waals surface area contributed by atoms with Crippen LogP contribution >= 0.6 is 0 Å². The van der Waals surface area contributed by atoms with Crippen molar-refractivity contribution in [2.75, 3.05) is 7.11 Å². The summed E-state index contributed by atoms with van der Waals surface area (Å²) in [5.74, 6) is -1.01. The van der Waals surface area contributed by atoms with Crippen LogP contribution in [0.1, 0.15) is 13.3 Å². The lowest BCUT2D eigenvalue weighted by Gasteiger charge is -2.11. The van der Waals surface area contributed by atoms with Gasteiger partial charge in [0.05, 0.1) is 7.11 Å². The molecule has 0 saturated heterocycles. The standard InChI is InChI=1S/C10H14O4.CH3/c1-5-9(11)14-8(3)6-7(2)10(12)13-4;/h5,8H,1-2,6H2,3-4H3;1H3. The first-order valence-corrected chi connectivity index (χ1v) is 4.10. The summed E-state index contributed by atoms with van der Waals surface area (Å²) in [7, 11) is 1.27. The van der Waals surface area contributed by atoms with Crippen LogP contribution in [-0.4, -0.2) is 25.2 Å². The van der Waals surface area contributed by atoms with Gasteiger partial charge in [-0.05, 0) is 6.92 Å². The van der Waals surface area contributed by atoms with E-state index in [0.717, 1.165) is 6.08 Å². The highest BCUT2D eigenvalue weighted by Gasteiger charge is 2.13. The van der Waals surface area contributed by atoms with E-state index in [0.29, 0.717) is 0 Å². The van der Waals surface area contributed by atoms with Gasteiger partial charge in [-0.2, -0.15) is 0 Å². The van der Waals surface area contributed by atoms with Crippen LogP contribution in [0.4, 0.5) is 0 Å². The second-order valence-corrected chi connectivity index (χ2v) is 2.75. The van der Waals surface area contributed by atoms with Crippen LogP contribution in [0.25, 0.3) is 0 Å². The highest BCUT2D eigenvalue weighted by atomic mass is 16.5. The molecule has 0 fully saturated rings. The third-order valence-electron chi connectivity index (χ3n) is 1.49. The maximum Gasteiger partial charge on any atom is 0.333 e. The fourth-order valence-corrected chi connectivity index (χ4v) is 0.863. The van der Waals surface area contributed by atoms with Gasteiger partial charge in [0.1, 0.15) is 6.10 Å². The lowest BCUT2D eigenvalue weighted by atomic mass is 10.1. The van der Waals surface area contributed by atoms with Crippen molar-refractivity contribution in [3.63, 3.8) is 0 Å². The van der Waals surface area contributed by atoms with Crippen LogP contribution in [0, 0.1) is 7.43 Å². The Hall–Kier alpha value is -1.58. The molecule has 0 spiro atoms. The minimum atomic E-state index is -0.518. The SMILES string of the molecule is C=CC(=O)OC(C)CC(=C)C(=O)OC.[CH3]. The largest absolute Gasteiger partial charge is 0.466 e. The van der Waals surface area contributed by atoms with E-state index in [1.54, 1.807) is 6.92 Å². The van der Waals surface area contributed by atoms with Gasteiger partial charge in [0.2, 0.25) is 0 Å². The molecule has 0 aromatic carbocycles. The van der Waals surface area contributed by atoms with Crippen LogP contribution in [0.2, 0.25) is 0 Å². The van der Waals surface area contributed by atoms with E-state index in [9.17, 15) is 9.59 Å². The maximum absolute atomic E-state index is 10.9. The second kappa shape index (κ2) is 7.79. The summed E-state index contributed by atoms with van der Waals surface area (Å²) in [6.45, 7) is 8.42. The summed E-state index contributed by atoms with van der Waals surface area (Å²) in [6, 6.07) is 0. The normalized spacial score (nSPS) is 10.5. The van der Waals surface area contributed by atoms with Crippen LogP contribution in [-0.2, 0) is 19.1 Å². The van der Waals surface area contributed by atoms with Gasteiger partial charge < -0.3 is 9.47 Å². The van der Waals surface area contributed by atoms with Crippen LogP contribution in [0.5, 0.6) is 0 Å². The molecule has 85 valence electrons. The number of hydrogen-bond acceptors (Lipinski definition) is 4. The molecular weight excluding hydrogens is 196 g/mol. The lowest BCUT2D eigenvalue weighted by Crippen LogP contribution is -2.16. The summed E-state index contributed by atoms with van der Waals surface area (Å²) in [4.78, 5) is 21.7. The molecule has 0 N–H and O–H groups in total. The molecule has 0 aliphatic carbocycles. The van der Waals surface area contributed by atoms with Crippen LogP contribution in [0.15, 0.2) is 24.8 Å². The molecule has 0 heterocycles. The average molecular weight is 213 g/mol. The third-order valence-corrected chi connectivity index (χ3v) is 1.49. The van der Waals surface area contributed by atoms with Gasteiger partial charge in [0.15, 0.2) is 0 Å². The predicted octanol–water partition coefficient (Wildman–Crippen LogP) is 1.67. The van der Waals surface area contributed by atoms with Gasteiger partial charge in [0, 0.05) is 18.1 Å². The fraction of sp³-hybridized carbons (Fsp3) is 0.364. The Labute approximate surface area is 90.6 Å². The Morgan fingerprint density at radius 2 is 2.00 bits per heavy atom. The zero-order valence-corrected chi connectivity index (χ0v) is 9.41. The van der Waals surface area contributed by atoms with Crippen molar-refractivity contribution in [3.8, 4) is 0 Å². The molecule has 1 radical (unpaired) electrons. The molecule has 0 aromatic rings. The summed E-state index contributed by atoms with van der Waals surface area (Å²) < 4.78 is 9.28. The van der Waals surface area contributed by atoms with E-state index in [1.165, 1.54) is 7.11 Å². The quantitative estimate of drug-likeness (QED) is 0.515. The first kappa shape index (κ1) is 15.9. The van der Waals surface area contributed by atoms with E-state index >= 15 is 0 Å². The molecule has 1 unspecified atom stereocenters. The lowest BCUT2D eigenvalue weighted by molar-refractivity contribution is -0.143. The third kappa shape index (κ3) is 6.49. The van der Waals surface area contributed by atoms with Gasteiger partial charge in [-0.15, -0.1) is 0 Å². The monoisotopic (exact) mass is 213 g/mol. The highest BCUT2D eigenvalue weighted by Crippen LogP contribution is 2.08. The Balaban J connectivity index is 0. The number of carbonyl (C=O) groups is 2. The van der Waals surface area contributed by atoms with Crippen LogP contribution < -0.4 is 0 Å². The maximum atomic E-state index is 10.9. The van der Waals surface area contributed by atoms with Gasteiger partial charge in [0.25, 0.3) is 0 Å². The van der Waals surface area contributed by atoms with Crippen molar-refractivity contribution >= 4 is 11.9 Å². The molecule has 4 nitrogen and oxygen atoms in total. The number of esters is 2. The Bertz CT molecular complexity index is 255. The predicted molar refractivity (Wildman–Crippen MR) is 57.9 cm³/mol. The van der Waals surface area contributed by atoms with Gasteiger partial charge in [-0.3, -0.25) is 0 Å². The van der Waals surface area contributed by atoms with Crippen molar-refractivity contribution in [1.29, 1.82) is 0 Å². The highest BCUT2D eigenvalue weighted by molar-refractivity contribution is 5.87. The van der Waals surface area contributed by atoms with Crippen molar-refractivity contribution in [3.05, 3.63) is 32.2 Å². The zero-order valence-electron chi connectivity index (χ0n) is 9.41. The van der Waals surface area contributed by atoms with E-state index < -0.39 is 18.0 Å². The molecule has 0 rings (SSSR count). The minimum Gasteiger partial charge on any atom is -0.466 e. The van der Waals surface area contributed by atoms with E-state index in [-0.39, 0.29) is 19.4 Å². The number of methoxy groups -OCH3 is 1. The van der Waals surface area contributed by atoms with Crippen molar-refractivity contribution in [2.24, 2.45) is 0 Å². The smallest absolute Gasteiger partial charge is 0.333 e. The number of carbonyl (C=O) groups excluding carboxylic acids is 2. The summed E-state index contributed by atoms with van der Waals surface area (Å²) >= 11 is 0. The molecule has 0 aliphatic heterocycles. The summed E-state index contributed by atoms with van der Waals surface area (Å²) in [6.07, 6.45) is 0.913. The van der Waals surface area contributed by atoms with E-state index in [1.807, 2.05) is 0 Å². The van der Waals surface area contributed by atoms with Gasteiger partial charge >= 0.3 is 11.9 Å². The number of ether oxygens (including phenoxy) is 2. The molecule has 15 heavy (non-hydrogen) atoms. The molecule has 4 heteroatoms. The van der Waals surface area contributed by atoms with Gasteiger partial charge in [-0.25, -0.2) is 9.59 Å². The molecular formula is C11H17O4. The molecule has 0 aromatic heterocycles. The molecule has 0 aliphatic rings. The Morgan fingerprint density at radius 3 is 2.40 bits per heavy atom. The molecule has 0 amide bonds. The number of rotatable bonds is 5. The summed E-state index contributed by atoms with van der Waals surface area (Å²) in [5.41, 5.74) is 0.275. The minimum absolute atomic E-state index is 0. The molecule has 0 bridgehead atoms. The zero-order chi connectivity index (χ0) is 11.1. The van der Waals surface area contributed by atoms with Crippen molar-refractivity contribution in [1.82, 2.24) is 0 Å². The Morgan fingerprint density at radius 1 is 1.47 bits per heavy atom. The first-order valence-electron chi connectivity index (χ1n) is 4.10. The topological polar surface area (TPSA) is 52.6 Å². The first-order chi connectivity index (χ1) is 6.51. The van der Waals surface area contributed by atoms with E-state index in [4.69, 9.17) is 4.74 Å². The van der Waals surface area contributed by atoms with E-state index in [2.05, 4.69) is 17.9 Å². The number of hydrogen-bond donors (Lipinski definition) is 0. The molecule has 1 atom stereocenters. The average Bonchev–Trinajstić information content (AvgIpc) is 2.15. The van der Waals surface area contributed by atoms with Gasteiger partial charge in [-0.1, -0.05) is 20.6 Å². The summed E-state index contributed by atoms with van der Waals surface area (Å²) in [5, 5.41) is 0. The molecule has 0 saturated carbocycles. The second-order valence-electron chi connectivity index (χ2n) is 2.75. The van der Waals surface area contributed by atoms with Crippen LogP contribution in [0.3, 0.4) is 0 Å². The van der Waals surface area contributed by atoms with Crippen molar-refractivity contribution in [2.45, 2.75) is 19.4 Å².